The van der Waals surface area contributed by atoms with Crippen LogP contribution < -0.4 is 10.6 Å². The number of rotatable bonds is 4. The van der Waals surface area contributed by atoms with E-state index in [1.807, 2.05) is 34.9 Å². The molecule has 2 rings (SSSR count). The molecular formula is C14H21IN6. The Hall–Kier alpha value is -1.64. The molecule has 0 aliphatic carbocycles. The van der Waals surface area contributed by atoms with E-state index in [1.54, 1.807) is 13.4 Å². The van der Waals surface area contributed by atoms with E-state index in [1.165, 1.54) is 0 Å². The molecule has 0 fully saturated rings. The SMILES string of the molecule is CN=C(NCc1nncn1-c1ccccc1)NC(C)C.I. The number of guanidine groups is 1. The van der Waals surface area contributed by atoms with Crippen molar-refractivity contribution in [3.05, 3.63) is 42.5 Å². The molecule has 1 heterocycles. The third-order valence-corrected chi connectivity index (χ3v) is 2.72. The number of nitrogens with zero attached hydrogens (tertiary/aromatic N) is 4. The van der Waals surface area contributed by atoms with Crippen molar-refractivity contribution < 1.29 is 0 Å². The van der Waals surface area contributed by atoms with E-state index in [0.29, 0.717) is 12.6 Å². The molecule has 1 aromatic carbocycles. The summed E-state index contributed by atoms with van der Waals surface area (Å²) >= 11 is 0. The minimum Gasteiger partial charge on any atom is -0.354 e. The van der Waals surface area contributed by atoms with Gasteiger partial charge in [-0.25, -0.2) is 0 Å². The Bertz CT molecular complexity index is 564. The molecule has 0 amide bonds. The monoisotopic (exact) mass is 400 g/mol. The lowest BCUT2D eigenvalue weighted by Crippen LogP contribution is -2.40. The second kappa shape index (κ2) is 8.60. The van der Waals surface area contributed by atoms with Gasteiger partial charge in [-0.05, 0) is 26.0 Å². The summed E-state index contributed by atoms with van der Waals surface area (Å²) in [7, 11) is 1.75. The first kappa shape index (κ1) is 17.4. The minimum absolute atomic E-state index is 0. The molecular weight excluding hydrogens is 379 g/mol. The summed E-state index contributed by atoms with van der Waals surface area (Å²) in [6.07, 6.45) is 1.71. The van der Waals surface area contributed by atoms with Gasteiger partial charge in [0.25, 0.3) is 0 Å². The zero-order valence-electron chi connectivity index (χ0n) is 12.4. The second-order valence-electron chi connectivity index (χ2n) is 4.68. The molecule has 2 aromatic rings. The van der Waals surface area contributed by atoms with E-state index in [2.05, 4.69) is 39.7 Å². The number of aliphatic imine (C=N–C) groups is 1. The van der Waals surface area contributed by atoms with Crippen LogP contribution in [0.3, 0.4) is 0 Å². The summed E-state index contributed by atoms with van der Waals surface area (Å²) < 4.78 is 1.95. The number of hydrogen-bond acceptors (Lipinski definition) is 3. The van der Waals surface area contributed by atoms with Crippen molar-refractivity contribution >= 4 is 29.9 Å². The molecule has 21 heavy (non-hydrogen) atoms. The first-order chi connectivity index (χ1) is 9.70. The first-order valence-electron chi connectivity index (χ1n) is 6.62. The molecule has 0 saturated heterocycles. The van der Waals surface area contributed by atoms with Crippen LogP contribution in [0, 0.1) is 0 Å². The Morgan fingerprint density at radius 1 is 1.29 bits per heavy atom. The fourth-order valence-electron chi connectivity index (χ4n) is 1.81. The van der Waals surface area contributed by atoms with Gasteiger partial charge in [0.1, 0.15) is 6.33 Å². The van der Waals surface area contributed by atoms with Gasteiger partial charge in [-0.2, -0.15) is 0 Å². The summed E-state index contributed by atoms with van der Waals surface area (Å²) in [6, 6.07) is 10.3. The van der Waals surface area contributed by atoms with Crippen LogP contribution in [0.25, 0.3) is 5.69 Å². The van der Waals surface area contributed by atoms with Gasteiger partial charge in [0, 0.05) is 18.8 Å². The van der Waals surface area contributed by atoms with Gasteiger partial charge < -0.3 is 10.6 Å². The molecule has 0 aliphatic heterocycles. The van der Waals surface area contributed by atoms with Gasteiger partial charge in [0.2, 0.25) is 0 Å². The molecule has 0 unspecified atom stereocenters. The van der Waals surface area contributed by atoms with E-state index >= 15 is 0 Å². The molecule has 1 aromatic heterocycles. The predicted molar refractivity (Wildman–Crippen MR) is 95.2 cm³/mol. The number of halogens is 1. The van der Waals surface area contributed by atoms with E-state index in [9.17, 15) is 0 Å². The maximum Gasteiger partial charge on any atom is 0.191 e. The highest BCUT2D eigenvalue weighted by molar-refractivity contribution is 14.0. The lowest BCUT2D eigenvalue weighted by molar-refractivity contribution is 0.687. The van der Waals surface area contributed by atoms with Crippen LogP contribution in [0.4, 0.5) is 0 Å². The Labute approximate surface area is 142 Å². The number of benzene rings is 1. The summed E-state index contributed by atoms with van der Waals surface area (Å²) in [6.45, 7) is 4.69. The average molecular weight is 400 g/mol. The summed E-state index contributed by atoms with van der Waals surface area (Å²) in [5.74, 6) is 1.59. The van der Waals surface area contributed by atoms with Gasteiger partial charge in [0.05, 0.1) is 6.54 Å². The van der Waals surface area contributed by atoms with E-state index in [-0.39, 0.29) is 24.0 Å². The number of para-hydroxylation sites is 1. The maximum atomic E-state index is 4.17. The second-order valence-corrected chi connectivity index (χ2v) is 4.68. The summed E-state index contributed by atoms with van der Waals surface area (Å²) in [5.41, 5.74) is 1.04. The largest absolute Gasteiger partial charge is 0.354 e. The molecule has 0 saturated carbocycles. The van der Waals surface area contributed by atoms with Crippen molar-refractivity contribution in [3.8, 4) is 5.69 Å². The van der Waals surface area contributed by atoms with Gasteiger partial charge >= 0.3 is 0 Å². The molecule has 0 atom stereocenters. The van der Waals surface area contributed by atoms with Crippen molar-refractivity contribution in [1.29, 1.82) is 0 Å². The molecule has 2 N–H and O–H groups in total. The highest BCUT2D eigenvalue weighted by atomic mass is 127. The van der Waals surface area contributed by atoms with Crippen molar-refractivity contribution in [2.75, 3.05) is 7.05 Å². The van der Waals surface area contributed by atoms with Gasteiger partial charge in [-0.15, -0.1) is 34.2 Å². The van der Waals surface area contributed by atoms with Gasteiger partial charge in [-0.3, -0.25) is 9.56 Å². The van der Waals surface area contributed by atoms with Crippen LogP contribution in [0.2, 0.25) is 0 Å². The van der Waals surface area contributed by atoms with Crippen LogP contribution in [-0.4, -0.2) is 33.8 Å². The third-order valence-electron chi connectivity index (χ3n) is 2.72. The zero-order chi connectivity index (χ0) is 14.4. The number of aromatic nitrogens is 3. The van der Waals surface area contributed by atoms with Crippen molar-refractivity contribution in [1.82, 2.24) is 25.4 Å². The quantitative estimate of drug-likeness (QED) is 0.468. The maximum absolute atomic E-state index is 4.17. The van der Waals surface area contributed by atoms with Crippen LogP contribution in [0.1, 0.15) is 19.7 Å². The van der Waals surface area contributed by atoms with Crippen molar-refractivity contribution in [3.63, 3.8) is 0 Å². The predicted octanol–water partition coefficient (Wildman–Crippen LogP) is 1.96. The molecule has 0 radical (unpaired) electrons. The lowest BCUT2D eigenvalue weighted by Gasteiger charge is -2.14. The average Bonchev–Trinajstić information content (AvgIpc) is 2.92. The van der Waals surface area contributed by atoms with Crippen LogP contribution in [0.5, 0.6) is 0 Å². The normalized spacial score (nSPS) is 11.1. The Balaban J connectivity index is 0.00000220. The van der Waals surface area contributed by atoms with Crippen molar-refractivity contribution in [2.24, 2.45) is 4.99 Å². The number of nitrogens with one attached hydrogen (secondary N) is 2. The highest BCUT2D eigenvalue weighted by Crippen LogP contribution is 2.08. The standard InChI is InChI=1S/C14H20N6.HI/c1-11(2)18-14(15-3)16-9-13-19-17-10-20(13)12-7-5-4-6-8-12;/h4-8,10-11H,9H2,1-3H3,(H2,15,16,18);1H. The smallest absolute Gasteiger partial charge is 0.191 e. The minimum atomic E-state index is 0. The molecule has 0 aliphatic rings. The third kappa shape index (κ3) is 5.00. The summed E-state index contributed by atoms with van der Waals surface area (Å²) in [4.78, 5) is 4.17. The van der Waals surface area contributed by atoms with E-state index in [0.717, 1.165) is 17.5 Å². The molecule has 6 nitrogen and oxygen atoms in total. The molecule has 7 heteroatoms. The summed E-state index contributed by atoms with van der Waals surface area (Å²) in [5, 5.41) is 14.6. The molecule has 0 spiro atoms. The Morgan fingerprint density at radius 3 is 2.62 bits per heavy atom. The zero-order valence-corrected chi connectivity index (χ0v) is 14.8. The van der Waals surface area contributed by atoms with Crippen LogP contribution >= 0.6 is 24.0 Å². The van der Waals surface area contributed by atoms with Crippen molar-refractivity contribution in [2.45, 2.75) is 26.4 Å². The van der Waals surface area contributed by atoms with E-state index < -0.39 is 0 Å². The van der Waals surface area contributed by atoms with Gasteiger partial charge in [-0.1, -0.05) is 18.2 Å². The number of hydrogen-bond donors (Lipinski definition) is 2. The topological polar surface area (TPSA) is 67.1 Å². The Kier molecular flexibility index (Phi) is 7.13. The van der Waals surface area contributed by atoms with Crippen LogP contribution in [-0.2, 0) is 6.54 Å². The van der Waals surface area contributed by atoms with Crippen LogP contribution in [0.15, 0.2) is 41.7 Å². The fourth-order valence-corrected chi connectivity index (χ4v) is 1.81. The molecule has 0 bridgehead atoms. The first-order valence-corrected chi connectivity index (χ1v) is 6.62. The van der Waals surface area contributed by atoms with E-state index in [4.69, 9.17) is 0 Å². The van der Waals surface area contributed by atoms with Gasteiger partial charge in [0.15, 0.2) is 11.8 Å². The lowest BCUT2D eigenvalue weighted by atomic mass is 10.3. The molecule has 114 valence electrons. The highest BCUT2D eigenvalue weighted by Gasteiger charge is 2.07. The Morgan fingerprint density at radius 2 is 2.00 bits per heavy atom. The fraction of sp³-hybridized carbons (Fsp3) is 0.357.